The van der Waals surface area contributed by atoms with E-state index in [9.17, 15) is 14.0 Å². The largest absolute Gasteiger partial charge is 0.493 e. The maximum atomic E-state index is 14.1. The molecule has 3 aromatic carbocycles. The summed E-state index contributed by atoms with van der Waals surface area (Å²) in [5.74, 6) is 1.30. The van der Waals surface area contributed by atoms with Crippen LogP contribution in [0.5, 0.6) is 23.1 Å². The second-order valence-corrected chi connectivity index (χ2v) is 12.8. The topological polar surface area (TPSA) is 100 Å². The van der Waals surface area contributed by atoms with Crippen molar-refractivity contribution >= 4 is 34.2 Å². The minimum absolute atomic E-state index is 0.0176. The summed E-state index contributed by atoms with van der Waals surface area (Å²) in [4.78, 5) is 36.1. The van der Waals surface area contributed by atoms with Crippen molar-refractivity contribution in [3.63, 3.8) is 0 Å². The zero-order valence-electron chi connectivity index (χ0n) is 26.5. The lowest BCUT2D eigenvalue weighted by Gasteiger charge is -2.47. The summed E-state index contributed by atoms with van der Waals surface area (Å²) in [6.45, 7) is 5.42. The fourth-order valence-electron chi connectivity index (χ4n) is 6.04. The Kier molecular flexibility index (Phi) is 9.89. The highest BCUT2D eigenvalue weighted by Crippen LogP contribution is 2.39. The molecule has 4 aromatic rings. The molecule has 2 saturated heterocycles. The van der Waals surface area contributed by atoms with Crippen LogP contribution in [0.2, 0.25) is 5.02 Å². The number of carbonyl (C=O) groups is 2. The molecule has 1 amide bonds. The molecule has 0 N–H and O–H groups in total. The summed E-state index contributed by atoms with van der Waals surface area (Å²) < 4.78 is 37.2. The summed E-state index contributed by atoms with van der Waals surface area (Å²) in [6, 6.07) is 13.3. The average Bonchev–Trinajstić information content (AvgIpc) is 3.05. The second kappa shape index (κ2) is 14.2. The molecule has 246 valence electrons. The van der Waals surface area contributed by atoms with Gasteiger partial charge in [-0.15, -0.1) is 0 Å². The molecule has 0 bridgehead atoms. The predicted octanol–water partition coefficient (Wildman–Crippen LogP) is 6.68. The maximum Gasteiger partial charge on any atom is 0.230 e. The standard InChI is InChI=1S/C36H37ClFN3O6/c1-23-5-8-30(38)25(14-23)16-26(42)15-24-6-7-27(17-29(24)37)47-35-28-18-32(44-2)33(19-31(28)39-22-40-35)46-13-3-4-34(43)41-11-9-36(10-12-41)20-45-21-36/h5-8,14,17-19,22H,3-4,9-13,15-16,20-21H2,1-2H3. The summed E-state index contributed by atoms with van der Waals surface area (Å²) in [5.41, 5.74) is 2.75. The molecule has 0 saturated carbocycles. The Morgan fingerprint density at radius 2 is 1.79 bits per heavy atom. The summed E-state index contributed by atoms with van der Waals surface area (Å²) in [5, 5.41) is 0.949. The van der Waals surface area contributed by atoms with Gasteiger partial charge < -0.3 is 23.8 Å². The van der Waals surface area contributed by atoms with Gasteiger partial charge in [0.25, 0.3) is 0 Å². The first-order valence-electron chi connectivity index (χ1n) is 15.8. The lowest BCUT2D eigenvalue weighted by Crippen LogP contribution is -2.52. The zero-order valence-corrected chi connectivity index (χ0v) is 27.3. The van der Waals surface area contributed by atoms with Crippen LogP contribution in [0.15, 0.2) is 54.9 Å². The number of rotatable bonds is 12. The van der Waals surface area contributed by atoms with Gasteiger partial charge >= 0.3 is 0 Å². The van der Waals surface area contributed by atoms with Gasteiger partial charge in [-0.3, -0.25) is 9.59 Å². The zero-order chi connectivity index (χ0) is 33.0. The normalized spacial score (nSPS) is 15.4. The predicted molar refractivity (Wildman–Crippen MR) is 175 cm³/mol. The third kappa shape index (κ3) is 7.66. The molecule has 0 radical (unpaired) electrons. The van der Waals surface area contributed by atoms with Gasteiger partial charge in [0, 0.05) is 48.9 Å². The molecule has 0 unspecified atom stereocenters. The van der Waals surface area contributed by atoms with Crippen LogP contribution in [-0.4, -0.2) is 66.6 Å². The van der Waals surface area contributed by atoms with E-state index in [1.165, 1.54) is 12.4 Å². The van der Waals surface area contributed by atoms with Crippen molar-refractivity contribution in [1.82, 2.24) is 14.9 Å². The number of fused-ring (bicyclic) bond motifs is 1. The summed E-state index contributed by atoms with van der Waals surface area (Å²) in [7, 11) is 1.55. The van der Waals surface area contributed by atoms with Gasteiger partial charge in [-0.1, -0.05) is 35.4 Å². The fourth-order valence-corrected chi connectivity index (χ4v) is 6.28. The Morgan fingerprint density at radius 3 is 2.51 bits per heavy atom. The van der Waals surface area contributed by atoms with Crippen LogP contribution in [0.25, 0.3) is 10.9 Å². The number of Topliss-reactive ketones (excluding diaryl/α,β-unsaturated/α-hetero) is 1. The number of aryl methyl sites for hydroxylation is 1. The third-order valence-electron chi connectivity index (χ3n) is 8.89. The Balaban J connectivity index is 1.06. The van der Waals surface area contributed by atoms with Crippen LogP contribution in [-0.2, 0) is 27.2 Å². The van der Waals surface area contributed by atoms with Crippen molar-refractivity contribution in [3.05, 3.63) is 82.4 Å². The molecule has 1 spiro atoms. The highest BCUT2D eigenvalue weighted by molar-refractivity contribution is 6.31. The van der Waals surface area contributed by atoms with Crippen LogP contribution in [0.3, 0.4) is 0 Å². The van der Waals surface area contributed by atoms with Gasteiger partial charge in [0.2, 0.25) is 11.8 Å². The number of ketones is 1. The number of nitrogens with zero attached hydrogens (tertiary/aromatic N) is 3. The minimum Gasteiger partial charge on any atom is -0.493 e. The number of hydrogen-bond acceptors (Lipinski definition) is 8. The highest BCUT2D eigenvalue weighted by atomic mass is 35.5. The summed E-state index contributed by atoms with van der Waals surface area (Å²) >= 11 is 6.53. The van der Waals surface area contributed by atoms with E-state index in [2.05, 4.69) is 9.97 Å². The van der Waals surface area contributed by atoms with Crippen molar-refractivity contribution in [3.8, 4) is 23.1 Å². The number of halogens is 2. The Labute approximate surface area is 277 Å². The number of benzene rings is 3. The molecule has 9 nitrogen and oxygen atoms in total. The van der Waals surface area contributed by atoms with E-state index >= 15 is 0 Å². The summed E-state index contributed by atoms with van der Waals surface area (Å²) in [6.07, 6.45) is 4.45. The van der Waals surface area contributed by atoms with Gasteiger partial charge in [-0.05, 0) is 61.6 Å². The van der Waals surface area contributed by atoms with E-state index in [-0.39, 0.29) is 30.4 Å². The van der Waals surface area contributed by atoms with E-state index in [4.69, 9.17) is 30.5 Å². The SMILES string of the molecule is COc1cc2c(Oc3ccc(CC(=O)Cc4cc(C)ccc4F)c(Cl)c3)ncnc2cc1OCCCC(=O)N1CCC2(CC1)COC2. The van der Waals surface area contributed by atoms with Crippen molar-refractivity contribution in [1.29, 1.82) is 0 Å². The van der Waals surface area contributed by atoms with Crippen molar-refractivity contribution < 1.29 is 32.9 Å². The first kappa shape index (κ1) is 32.7. The monoisotopic (exact) mass is 661 g/mol. The van der Waals surface area contributed by atoms with Crippen LogP contribution in [0.1, 0.15) is 42.4 Å². The number of ether oxygens (including phenoxy) is 4. The van der Waals surface area contributed by atoms with E-state index in [1.807, 2.05) is 11.8 Å². The number of likely N-dealkylation sites (tertiary alicyclic amines) is 1. The molecule has 1 aromatic heterocycles. The molecular weight excluding hydrogens is 625 g/mol. The lowest BCUT2D eigenvalue weighted by atomic mass is 9.77. The van der Waals surface area contributed by atoms with Crippen LogP contribution in [0.4, 0.5) is 4.39 Å². The van der Waals surface area contributed by atoms with Crippen molar-refractivity contribution in [2.45, 2.75) is 45.4 Å². The molecule has 0 aliphatic carbocycles. The molecule has 6 rings (SSSR count). The Bertz CT molecular complexity index is 1790. The first-order valence-corrected chi connectivity index (χ1v) is 16.1. The molecule has 11 heteroatoms. The van der Waals surface area contributed by atoms with Gasteiger partial charge in [-0.2, -0.15) is 0 Å². The van der Waals surface area contributed by atoms with Gasteiger partial charge in [0.05, 0.1) is 37.8 Å². The Hall–Kier alpha value is -4.28. The molecule has 47 heavy (non-hydrogen) atoms. The quantitative estimate of drug-likeness (QED) is 0.155. The fraction of sp³-hybridized carbons (Fsp3) is 0.389. The lowest BCUT2D eigenvalue weighted by molar-refractivity contribution is -0.153. The van der Waals surface area contributed by atoms with E-state index in [0.29, 0.717) is 69.2 Å². The number of piperidine rings is 1. The van der Waals surface area contributed by atoms with E-state index in [1.54, 1.807) is 49.6 Å². The van der Waals surface area contributed by atoms with Crippen molar-refractivity contribution in [2.75, 3.05) is 40.0 Å². The average molecular weight is 662 g/mol. The van der Waals surface area contributed by atoms with Crippen molar-refractivity contribution in [2.24, 2.45) is 5.41 Å². The van der Waals surface area contributed by atoms with Crippen LogP contribution in [0, 0.1) is 18.2 Å². The molecule has 0 atom stereocenters. The maximum absolute atomic E-state index is 14.1. The molecule has 3 heterocycles. The highest BCUT2D eigenvalue weighted by Gasteiger charge is 2.41. The van der Waals surface area contributed by atoms with Crippen LogP contribution < -0.4 is 14.2 Å². The molecule has 2 aliphatic heterocycles. The van der Waals surface area contributed by atoms with E-state index in [0.717, 1.165) is 44.7 Å². The van der Waals surface area contributed by atoms with Gasteiger partial charge in [0.1, 0.15) is 23.7 Å². The third-order valence-corrected chi connectivity index (χ3v) is 9.24. The molecule has 2 fully saturated rings. The number of aromatic nitrogens is 2. The first-order chi connectivity index (χ1) is 22.7. The number of hydrogen-bond donors (Lipinski definition) is 0. The Morgan fingerprint density at radius 1 is 1.00 bits per heavy atom. The number of methoxy groups -OCH3 is 1. The van der Waals surface area contributed by atoms with Gasteiger partial charge in [-0.25, -0.2) is 14.4 Å². The number of amides is 1. The van der Waals surface area contributed by atoms with E-state index < -0.39 is 5.82 Å². The minimum atomic E-state index is -0.399. The van der Waals surface area contributed by atoms with Crippen LogP contribution >= 0.6 is 11.6 Å². The number of carbonyl (C=O) groups excluding carboxylic acids is 2. The second-order valence-electron chi connectivity index (χ2n) is 12.4. The smallest absolute Gasteiger partial charge is 0.230 e. The van der Waals surface area contributed by atoms with Gasteiger partial charge in [0.15, 0.2) is 11.5 Å². The molecule has 2 aliphatic rings. The molecular formula is C36H37ClFN3O6.